The molecule has 2 aliphatic rings. The second-order valence-electron chi connectivity index (χ2n) is 16.5. The van der Waals surface area contributed by atoms with Gasteiger partial charge in [-0.05, 0) is 77.0 Å². The van der Waals surface area contributed by atoms with E-state index in [0.29, 0.717) is 12.8 Å². The third-order valence-corrected chi connectivity index (χ3v) is 11.0. The number of ether oxygens (including phenoxy) is 6. The fourth-order valence-corrected chi connectivity index (χ4v) is 7.02. The first-order valence-electron chi connectivity index (χ1n) is 23.9. The van der Waals surface area contributed by atoms with E-state index in [4.69, 9.17) is 28.4 Å². The molecule has 0 aromatic heterocycles. The Morgan fingerprint density at radius 2 is 0.984 bits per heavy atom. The molecule has 0 aromatic rings. The summed E-state index contributed by atoms with van der Waals surface area (Å²) in [7, 11) is 0. The Balaban J connectivity index is 1.87. The average molecular weight is 911 g/mol. The molecule has 15 heteroatoms. The van der Waals surface area contributed by atoms with Crippen LogP contribution in [0.25, 0.3) is 0 Å². The number of carbonyl (C=O) groups excluding carboxylic acids is 2. The molecule has 11 atom stereocenters. The van der Waals surface area contributed by atoms with Crippen LogP contribution in [0.1, 0.15) is 142 Å². The van der Waals surface area contributed by atoms with E-state index in [1.54, 1.807) is 0 Å². The molecular formula is C49H82O15. The van der Waals surface area contributed by atoms with Crippen LogP contribution in [-0.4, -0.2) is 142 Å². The number of aliphatic hydroxyl groups excluding tert-OH is 7. The first-order valence-corrected chi connectivity index (χ1v) is 23.9. The third kappa shape index (κ3) is 24.6. The van der Waals surface area contributed by atoms with Crippen LogP contribution in [-0.2, 0) is 38.0 Å². The zero-order valence-corrected chi connectivity index (χ0v) is 38.5. The minimum atomic E-state index is -1.78. The van der Waals surface area contributed by atoms with Crippen LogP contribution in [0.3, 0.4) is 0 Å². The molecule has 2 heterocycles. The first kappa shape index (κ1) is 57.3. The standard InChI is InChI=1S/C49H82O15/c1-3-5-7-9-11-13-15-17-18-20-22-24-26-28-30-32-41(52)62-37(34-59-40(51)31-29-27-25-23-21-19-16-14-12-10-8-6-4-2)35-60-48-47(58)45(56)43(54)39(64-48)36-61-49-46(57)44(55)42(53)38(33-50)63-49/h5,7,11,13,17-19,21-22,24,37-39,42-50,53-58H,3-4,6,8-10,12,14-16,20,23,25-36H2,1-2H3/b7-5+,13-11+,18-17+,21-19+,24-22+/t37-,38-,39-,42+,43+,44?,45?,46?,47?,48-,49-/m1/s1. The van der Waals surface area contributed by atoms with Gasteiger partial charge in [-0.15, -0.1) is 0 Å². The summed E-state index contributed by atoms with van der Waals surface area (Å²) in [4.78, 5) is 25.6. The summed E-state index contributed by atoms with van der Waals surface area (Å²) in [6.07, 6.45) is 22.6. The summed E-state index contributed by atoms with van der Waals surface area (Å²) in [5.41, 5.74) is 0. The smallest absolute Gasteiger partial charge is 0.306 e. The number of esters is 2. The van der Waals surface area contributed by atoms with Gasteiger partial charge in [0.2, 0.25) is 0 Å². The van der Waals surface area contributed by atoms with Crippen molar-refractivity contribution in [1.29, 1.82) is 0 Å². The first-order chi connectivity index (χ1) is 31.0. The Morgan fingerprint density at radius 3 is 1.59 bits per heavy atom. The van der Waals surface area contributed by atoms with Crippen molar-refractivity contribution in [3.05, 3.63) is 60.8 Å². The van der Waals surface area contributed by atoms with Gasteiger partial charge < -0.3 is 64.2 Å². The lowest BCUT2D eigenvalue weighted by Gasteiger charge is -2.42. The number of aliphatic hydroxyl groups is 7. The predicted octanol–water partition coefficient (Wildman–Crippen LogP) is 5.70. The van der Waals surface area contributed by atoms with Crippen molar-refractivity contribution in [1.82, 2.24) is 0 Å². The van der Waals surface area contributed by atoms with E-state index in [2.05, 4.69) is 74.6 Å². The SMILES string of the molecule is CC/C=C/C/C=C/C/C=C/C/C=C/CCCCC(=O)O[C@H](COC(=O)CCCCC/C=C/CCCCCCCC)CO[C@@H]1O[C@H](CO[C@@H]2O[C@H](CO)[C@H](O)C(O)C2O)[C@H](O)C(O)C1O. The van der Waals surface area contributed by atoms with E-state index in [1.165, 1.54) is 38.5 Å². The number of allylic oxidation sites excluding steroid dienone is 10. The molecule has 0 spiro atoms. The number of hydrogen-bond acceptors (Lipinski definition) is 15. The summed E-state index contributed by atoms with van der Waals surface area (Å²) in [6, 6.07) is 0. The quantitative estimate of drug-likeness (QED) is 0.0230. The minimum absolute atomic E-state index is 0.107. The zero-order valence-electron chi connectivity index (χ0n) is 38.5. The Bertz CT molecular complexity index is 1350. The highest BCUT2D eigenvalue weighted by molar-refractivity contribution is 5.70. The Hall–Kier alpha value is -2.80. The van der Waals surface area contributed by atoms with Crippen LogP contribution in [0.2, 0.25) is 0 Å². The van der Waals surface area contributed by atoms with Crippen molar-refractivity contribution >= 4 is 11.9 Å². The summed E-state index contributed by atoms with van der Waals surface area (Å²) in [6.45, 7) is 2.38. The maximum atomic E-state index is 12.9. The van der Waals surface area contributed by atoms with E-state index < -0.39 is 99.3 Å². The van der Waals surface area contributed by atoms with Crippen LogP contribution in [0.4, 0.5) is 0 Å². The Morgan fingerprint density at radius 1 is 0.516 bits per heavy atom. The lowest BCUT2D eigenvalue weighted by Crippen LogP contribution is -2.61. The average Bonchev–Trinajstić information content (AvgIpc) is 3.29. The molecule has 2 saturated heterocycles. The number of hydrogen-bond donors (Lipinski definition) is 7. The van der Waals surface area contributed by atoms with E-state index in [-0.39, 0.29) is 19.4 Å². The monoisotopic (exact) mass is 911 g/mol. The molecule has 2 aliphatic heterocycles. The van der Waals surface area contributed by atoms with Gasteiger partial charge in [0.25, 0.3) is 0 Å². The van der Waals surface area contributed by atoms with Gasteiger partial charge in [0, 0.05) is 12.8 Å². The lowest BCUT2D eigenvalue weighted by molar-refractivity contribution is -0.332. The van der Waals surface area contributed by atoms with Crippen molar-refractivity contribution in [3.8, 4) is 0 Å². The predicted molar refractivity (Wildman–Crippen MR) is 243 cm³/mol. The zero-order chi connectivity index (χ0) is 46.8. The van der Waals surface area contributed by atoms with Gasteiger partial charge in [0.15, 0.2) is 18.7 Å². The van der Waals surface area contributed by atoms with Crippen LogP contribution < -0.4 is 0 Å². The molecule has 2 rings (SSSR count). The molecule has 0 saturated carbocycles. The Kier molecular flexibility index (Phi) is 32.5. The molecule has 0 aliphatic carbocycles. The molecule has 0 aromatic carbocycles. The van der Waals surface area contributed by atoms with Crippen LogP contribution in [0.15, 0.2) is 60.8 Å². The molecule has 15 nitrogen and oxygen atoms in total. The van der Waals surface area contributed by atoms with Crippen molar-refractivity contribution in [2.45, 2.75) is 210 Å². The molecule has 0 radical (unpaired) electrons. The number of rotatable bonds is 35. The largest absolute Gasteiger partial charge is 0.462 e. The van der Waals surface area contributed by atoms with Gasteiger partial charge in [-0.25, -0.2) is 0 Å². The van der Waals surface area contributed by atoms with Crippen molar-refractivity contribution in [2.24, 2.45) is 0 Å². The van der Waals surface area contributed by atoms with E-state index in [0.717, 1.165) is 64.2 Å². The highest BCUT2D eigenvalue weighted by Gasteiger charge is 2.47. The molecule has 0 bridgehead atoms. The molecule has 0 amide bonds. The summed E-state index contributed by atoms with van der Waals surface area (Å²) in [5, 5.41) is 71.9. The second kappa shape index (κ2) is 36.3. The summed E-state index contributed by atoms with van der Waals surface area (Å²) < 4.78 is 33.4. The maximum absolute atomic E-state index is 12.9. The highest BCUT2D eigenvalue weighted by Crippen LogP contribution is 2.26. The molecular weight excluding hydrogens is 829 g/mol. The van der Waals surface area contributed by atoms with Crippen molar-refractivity contribution in [2.75, 3.05) is 26.4 Å². The summed E-state index contributed by atoms with van der Waals surface area (Å²) in [5.74, 6) is -0.999. The van der Waals surface area contributed by atoms with Gasteiger partial charge in [-0.1, -0.05) is 113 Å². The van der Waals surface area contributed by atoms with E-state index >= 15 is 0 Å². The third-order valence-electron chi connectivity index (χ3n) is 11.0. The van der Waals surface area contributed by atoms with Crippen LogP contribution >= 0.6 is 0 Å². The molecule has 64 heavy (non-hydrogen) atoms. The normalized spacial score (nSPS) is 27.1. The number of unbranched alkanes of at least 4 members (excludes halogenated alkanes) is 11. The fraction of sp³-hybridized carbons (Fsp3) is 0.755. The van der Waals surface area contributed by atoms with Gasteiger partial charge in [-0.3, -0.25) is 9.59 Å². The molecule has 4 unspecified atom stereocenters. The molecule has 2 fully saturated rings. The maximum Gasteiger partial charge on any atom is 0.306 e. The van der Waals surface area contributed by atoms with Crippen LogP contribution in [0.5, 0.6) is 0 Å². The summed E-state index contributed by atoms with van der Waals surface area (Å²) >= 11 is 0. The van der Waals surface area contributed by atoms with Crippen molar-refractivity contribution in [3.63, 3.8) is 0 Å². The molecule has 368 valence electrons. The van der Waals surface area contributed by atoms with Crippen LogP contribution in [0, 0.1) is 0 Å². The van der Waals surface area contributed by atoms with E-state index in [1.807, 2.05) is 0 Å². The fourth-order valence-electron chi connectivity index (χ4n) is 7.02. The van der Waals surface area contributed by atoms with Gasteiger partial charge >= 0.3 is 11.9 Å². The molecule has 7 N–H and O–H groups in total. The van der Waals surface area contributed by atoms with E-state index in [9.17, 15) is 45.3 Å². The van der Waals surface area contributed by atoms with Gasteiger partial charge in [0.05, 0.1) is 19.8 Å². The highest BCUT2D eigenvalue weighted by atomic mass is 16.7. The Labute approximate surface area is 381 Å². The van der Waals surface area contributed by atoms with Crippen molar-refractivity contribution < 1.29 is 73.8 Å². The van der Waals surface area contributed by atoms with Gasteiger partial charge in [-0.2, -0.15) is 0 Å². The number of carbonyl (C=O) groups is 2. The lowest BCUT2D eigenvalue weighted by atomic mass is 9.98. The topological polar surface area (TPSA) is 231 Å². The minimum Gasteiger partial charge on any atom is -0.462 e. The van der Waals surface area contributed by atoms with Gasteiger partial charge in [0.1, 0.15) is 55.4 Å². The second-order valence-corrected chi connectivity index (χ2v) is 16.5.